The van der Waals surface area contributed by atoms with Crippen LogP contribution in [-0.2, 0) is 4.79 Å². The van der Waals surface area contributed by atoms with Crippen molar-refractivity contribution in [3.63, 3.8) is 0 Å². The Morgan fingerprint density at radius 1 is 1.18 bits per heavy atom. The number of hydrogen-bond acceptors (Lipinski definition) is 9. The van der Waals surface area contributed by atoms with E-state index >= 15 is 0 Å². The molecule has 0 aliphatic carbocycles. The maximum absolute atomic E-state index is 14.7. The van der Waals surface area contributed by atoms with Crippen LogP contribution >= 0.6 is 0 Å². The summed E-state index contributed by atoms with van der Waals surface area (Å²) in [6.45, 7) is 9.56. The van der Waals surface area contributed by atoms with Crippen molar-refractivity contribution >= 4 is 11.8 Å². The van der Waals surface area contributed by atoms with Gasteiger partial charge in [0, 0.05) is 32.2 Å². The summed E-state index contributed by atoms with van der Waals surface area (Å²) in [6, 6.07) is 6.68. The normalized spacial score (nSPS) is 16.0. The van der Waals surface area contributed by atoms with Crippen LogP contribution in [0.25, 0.3) is 11.4 Å². The second kappa shape index (κ2) is 13.5. The molecule has 216 valence electrons. The van der Waals surface area contributed by atoms with Crippen molar-refractivity contribution in [3.05, 3.63) is 54.1 Å². The van der Waals surface area contributed by atoms with E-state index in [1.807, 2.05) is 13.8 Å². The van der Waals surface area contributed by atoms with Gasteiger partial charge in [0.2, 0.25) is 17.6 Å². The summed E-state index contributed by atoms with van der Waals surface area (Å²) in [7, 11) is 0. The Kier molecular flexibility index (Phi) is 9.88. The maximum atomic E-state index is 14.7. The number of amides is 2. The molecule has 0 radical (unpaired) electrons. The first kappa shape index (κ1) is 29.2. The quantitative estimate of drug-likeness (QED) is 0.341. The van der Waals surface area contributed by atoms with Crippen molar-refractivity contribution in [1.82, 2.24) is 25.3 Å². The highest BCUT2D eigenvalue weighted by Gasteiger charge is 2.25. The number of carbonyl (C=O) groups is 2. The molecule has 0 saturated carbocycles. The molecule has 3 N–H and O–H groups in total. The zero-order valence-electron chi connectivity index (χ0n) is 23.1. The third kappa shape index (κ3) is 7.45. The van der Waals surface area contributed by atoms with Crippen molar-refractivity contribution in [2.45, 2.75) is 45.7 Å². The van der Waals surface area contributed by atoms with Gasteiger partial charge in [0.1, 0.15) is 17.6 Å². The van der Waals surface area contributed by atoms with Gasteiger partial charge in [-0.15, -0.1) is 0 Å². The van der Waals surface area contributed by atoms with E-state index < -0.39 is 23.8 Å². The minimum absolute atomic E-state index is 0.112. The SMILES string of the molecule is CC(C)[C@H](N)c1nc(-c2ccc(OCCCN3CCCN(C(=O)[C@H](C)NC(=O)c4ccco4)CC3)cc2F)no1. The van der Waals surface area contributed by atoms with Crippen LogP contribution in [0.15, 0.2) is 45.5 Å². The minimum Gasteiger partial charge on any atom is -0.493 e. The predicted molar refractivity (Wildman–Crippen MR) is 145 cm³/mol. The molecule has 12 heteroatoms. The molecule has 11 nitrogen and oxygen atoms in total. The third-order valence-corrected chi connectivity index (χ3v) is 6.88. The summed E-state index contributed by atoms with van der Waals surface area (Å²) in [4.78, 5) is 33.4. The lowest BCUT2D eigenvalue weighted by atomic mass is 10.1. The number of nitrogens with zero attached hydrogens (tertiary/aromatic N) is 4. The molecule has 0 unspecified atom stereocenters. The fourth-order valence-electron chi connectivity index (χ4n) is 4.44. The van der Waals surface area contributed by atoms with Gasteiger partial charge in [-0.3, -0.25) is 9.59 Å². The Labute approximate surface area is 232 Å². The third-order valence-electron chi connectivity index (χ3n) is 6.88. The minimum atomic E-state index is -0.649. The molecule has 1 aromatic carbocycles. The Hall–Kier alpha value is -3.77. The van der Waals surface area contributed by atoms with Gasteiger partial charge in [-0.1, -0.05) is 19.0 Å². The van der Waals surface area contributed by atoms with Crippen molar-refractivity contribution in [2.24, 2.45) is 11.7 Å². The summed E-state index contributed by atoms with van der Waals surface area (Å²) in [5.74, 6) is 0.103. The van der Waals surface area contributed by atoms with E-state index in [-0.39, 0.29) is 34.9 Å². The lowest BCUT2D eigenvalue weighted by molar-refractivity contribution is -0.132. The van der Waals surface area contributed by atoms with Crippen LogP contribution in [0, 0.1) is 11.7 Å². The number of aromatic nitrogens is 2. The zero-order valence-corrected chi connectivity index (χ0v) is 23.1. The average molecular weight is 557 g/mol. The number of nitrogens with one attached hydrogen (secondary N) is 1. The monoisotopic (exact) mass is 556 g/mol. The van der Waals surface area contributed by atoms with Crippen molar-refractivity contribution in [2.75, 3.05) is 39.3 Å². The maximum Gasteiger partial charge on any atom is 0.287 e. The first-order valence-corrected chi connectivity index (χ1v) is 13.6. The zero-order chi connectivity index (χ0) is 28.6. The van der Waals surface area contributed by atoms with Crippen molar-refractivity contribution in [3.8, 4) is 17.1 Å². The van der Waals surface area contributed by atoms with E-state index in [1.165, 1.54) is 12.3 Å². The van der Waals surface area contributed by atoms with Gasteiger partial charge in [-0.25, -0.2) is 4.39 Å². The van der Waals surface area contributed by atoms with Gasteiger partial charge in [0.25, 0.3) is 5.91 Å². The van der Waals surface area contributed by atoms with Gasteiger partial charge in [0.15, 0.2) is 5.76 Å². The molecule has 3 heterocycles. The van der Waals surface area contributed by atoms with E-state index in [0.29, 0.717) is 25.4 Å². The molecule has 1 saturated heterocycles. The number of furan rings is 1. The van der Waals surface area contributed by atoms with Crippen molar-refractivity contribution < 1.29 is 27.7 Å². The first-order chi connectivity index (χ1) is 19.2. The number of hydrogen-bond donors (Lipinski definition) is 2. The molecule has 1 aliphatic rings. The topological polar surface area (TPSA) is 140 Å². The molecule has 40 heavy (non-hydrogen) atoms. The van der Waals surface area contributed by atoms with Crippen LogP contribution in [0.3, 0.4) is 0 Å². The first-order valence-electron chi connectivity index (χ1n) is 13.6. The van der Waals surface area contributed by atoms with Gasteiger partial charge in [-0.05, 0) is 56.5 Å². The lowest BCUT2D eigenvalue weighted by Crippen LogP contribution is -2.48. The largest absolute Gasteiger partial charge is 0.493 e. The fraction of sp³-hybridized carbons (Fsp3) is 0.500. The lowest BCUT2D eigenvalue weighted by Gasteiger charge is -2.25. The number of halogens is 1. The number of rotatable bonds is 11. The number of ether oxygens (including phenoxy) is 1. The van der Waals surface area contributed by atoms with E-state index in [9.17, 15) is 14.0 Å². The van der Waals surface area contributed by atoms with Gasteiger partial charge < -0.3 is 34.5 Å². The van der Waals surface area contributed by atoms with Crippen LogP contribution < -0.4 is 15.8 Å². The number of benzene rings is 1. The van der Waals surface area contributed by atoms with Crippen LogP contribution in [0.1, 0.15) is 56.1 Å². The van der Waals surface area contributed by atoms with Gasteiger partial charge >= 0.3 is 0 Å². The summed E-state index contributed by atoms with van der Waals surface area (Å²) in [6.07, 6.45) is 2.99. The average Bonchev–Trinajstić information content (AvgIpc) is 3.60. The van der Waals surface area contributed by atoms with Crippen LogP contribution in [0.4, 0.5) is 4.39 Å². The molecule has 4 rings (SSSR count). The van der Waals surface area contributed by atoms with Crippen LogP contribution in [-0.4, -0.2) is 77.1 Å². The Bertz CT molecular complexity index is 1260. The molecule has 2 amide bonds. The standard InChI is InChI=1S/C28H37FN6O5/c1-18(2)24(30)27-32-25(33-40-27)21-9-8-20(17-22(21)29)38-16-6-11-34-10-5-12-35(14-13-34)28(37)19(3)31-26(36)23-7-4-15-39-23/h4,7-9,15,17-19,24H,5-6,10-14,16,30H2,1-3H3,(H,31,36)/t19-,24-/m0/s1. The Balaban J connectivity index is 1.19. The van der Waals surface area contributed by atoms with Gasteiger partial charge in [-0.2, -0.15) is 4.98 Å². The molecular formula is C28H37FN6O5. The van der Waals surface area contributed by atoms with E-state index in [0.717, 1.165) is 32.5 Å². The highest BCUT2D eigenvalue weighted by Crippen LogP contribution is 2.26. The summed E-state index contributed by atoms with van der Waals surface area (Å²) in [5.41, 5.74) is 6.26. The summed E-state index contributed by atoms with van der Waals surface area (Å²) >= 11 is 0. The van der Waals surface area contributed by atoms with Crippen molar-refractivity contribution in [1.29, 1.82) is 0 Å². The number of carbonyl (C=O) groups excluding carboxylic acids is 2. The highest BCUT2D eigenvalue weighted by molar-refractivity contribution is 5.95. The van der Waals surface area contributed by atoms with E-state index in [2.05, 4.69) is 20.4 Å². The molecule has 0 bridgehead atoms. The molecule has 0 spiro atoms. The van der Waals surface area contributed by atoms with Gasteiger partial charge in [0.05, 0.1) is 24.5 Å². The van der Waals surface area contributed by atoms with E-state index in [4.69, 9.17) is 19.4 Å². The second-order valence-corrected chi connectivity index (χ2v) is 10.3. The Morgan fingerprint density at radius 3 is 2.73 bits per heavy atom. The fourth-order valence-corrected chi connectivity index (χ4v) is 4.44. The molecule has 3 aromatic rings. The molecule has 2 atom stereocenters. The molecule has 1 aliphatic heterocycles. The van der Waals surface area contributed by atoms with Crippen LogP contribution in [0.5, 0.6) is 5.75 Å². The molecular weight excluding hydrogens is 519 g/mol. The second-order valence-electron chi connectivity index (χ2n) is 10.3. The Morgan fingerprint density at radius 2 is 2.00 bits per heavy atom. The smallest absolute Gasteiger partial charge is 0.287 e. The number of nitrogens with two attached hydrogens (primary N) is 1. The summed E-state index contributed by atoms with van der Waals surface area (Å²) in [5, 5.41) is 6.56. The summed E-state index contributed by atoms with van der Waals surface area (Å²) < 4.78 is 30.8. The molecule has 1 fully saturated rings. The molecule has 2 aromatic heterocycles. The van der Waals surface area contributed by atoms with Crippen LogP contribution in [0.2, 0.25) is 0 Å². The van der Waals surface area contributed by atoms with E-state index in [1.54, 1.807) is 36.1 Å². The predicted octanol–water partition coefficient (Wildman–Crippen LogP) is 3.25. The highest BCUT2D eigenvalue weighted by atomic mass is 19.1.